The van der Waals surface area contributed by atoms with Crippen LogP contribution in [0.25, 0.3) is 0 Å². The number of hydrogen-bond acceptors (Lipinski definition) is 3. The predicted octanol–water partition coefficient (Wildman–Crippen LogP) is 2.55. The Hall–Kier alpha value is -2.01. The molecule has 1 aromatic carbocycles. The number of rotatable bonds is 3. The van der Waals surface area contributed by atoms with Crippen LogP contribution >= 0.6 is 11.6 Å². The number of benzene rings is 1. The molecule has 0 saturated heterocycles. The topological polar surface area (TPSA) is 75.2 Å². The van der Waals surface area contributed by atoms with Crippen molar-refractivity contribution in [3.8, 4) is 11.8 Å². The molecule has 0 fully saturated rings. The van der Waals surface area contributed by atoms with Gasteiger partial charge in [-0.25, -0.2) is 9.78 Å². The highest BCUT2D eigenvalue weighted by Gasteiger charge is 2.08. The molecule has 0 atom stereocenters. The molecule has 0 unspecified atom stereocenters. The number of aromatic amines is 1. The van der Waals surface area contributed by atoms with Crippen LogP contribution in [0.2, 0.25) is 5.02 Å². The third kappa shape index (κ3) is 2.32. The lowest BCUT2D eigenvalue weighted by atomic mass is 10.3. The van der Waals surface area contributed by atoms with Crippen molar-refractivity contribution in [3.05, 3.63) is 41.2 Å². The highest BCUT2D eigenvalue weighted by atomic mass is 35.5. The largest absolute Gasteiger partial charge is 0.477 e. The molecule has 0 amide bonds. The van der Waals surface area contributed by atoms with E-state index in [0.717, 1.165) is 0 Å². The number of carboxylic acid groups (broad SMARTS) is 1. The van der Waals surface area contributed by atoms with Gasteiger partial charge < -0.3 is 14.8 Å². The molecule has 2 N–H and O–H groups in total. The molecule has 2 aromatic rings. The number of carbonyl (C=O) groups is 1. The first-order valence-electron chi connectivity index (χ1n) is 4.37. The fraction of sp³-hybridized carbons (Fsp3) is 0. The molecule has 0 aliphatic carbocycles. The van der Waals surface area contributed by atoms with E-state index in [1.165, 1.54) is 6.20 Å². The summed E-state index contributed by atoms with van der Waals surface area (Å²) in [6.45, 7) is 0. The number of ether oxygens (including phenoxy) is 1. The molecule has 0 aliphatic heterocycles. The van der Waals surface area contributed by atoms with E-state index in [1.54, 1.807) is 24.3 Å². The average Bonchev–Trinajstić information content (AvgIpc) is 2.70. The number of H-pyrrole nitrogens is 1. The fourth-order valence-electron chi connectivity index (χ4n) is 1.08. The molecule has 1 aromatic heterocycles. The molecule has 0 bridgehead atoms. The summed E-state index contributed by atoms with van der Waals surface area (Å²) in [6.07, 6.45) is 1.19. The van der Waals surface area contributed by atoms with Gasteiger partial charge in [0.05, 0.1) is 6.20 Å². The van der Waals surface area contributed by atoms with Crippen molar-refractivity contribution in [2.45, 2.75) is 0 Å². The van der Waals surface area contributed by atoms with Crippen molar-refractivity contribution < 1.29 is 14.6 Å². The van der Waals surface area contributed by atoms with Gasteiger partial charge in [-0.3, -0.25) is 0 Å². The summed E-state index contributed by atoms with van der Waals surface area (Å²) in [5, 5.41) is 9.25. The molecule has 0 aliphatic rings. The van der Waals surface area contributed by atoms with Crippen molar-refractivity contribution in [3.63, 3.8) is 0 Å². The average molecular weight is 239 g/mol. The highest BCUT2D eigenvalue weighted by molar-refractivity contribution is 6.30. The van der Waals surface area contributed by atoms with E-state index in [9.17, 15) is 4.79 Å². The van der Waals surface area contributed by atoms with E-state index in [-0.39, 0.29) is 11.7 Å². The van der Waals surface area contributed by atoms with Gasteiger partial charge in [-0.1, -0.05) is 11.6 Å². The molecule has 5 nitrogen and oxygen atoms in total. The van der Waals surface area contributed by atoms with Crippen LogP contribution in [-0.2, 0) is 0 Å². The number of halogens is 1. The SMILES string of the molecule is O=C(O)c1cnc(Oc2ccc(Cl)cc2)[nH]1. The maximum Gasteiger partial charge on any atom is 0.354 e. The van der Waals surface area contributed by atoms with Crippen molar-refractivity contribution in [1.82, 2.24) is 9.97 Å². The minimum absolute atomic E-state index is 0.0241. The maximum atomic E-state index is 10.6. The van der Waals surface area contributed by atoms with Gasteiger partial charge in [0.25, 0.3) is 6.01 Å². The molecule has 0 spiro atoms. The predicted molar refractivity (Wildman–Crippen MR) is 57.1 cm³/mol. The number of carboxylic acids is 1. The highest BCUT2D eigenvalue weighted by Crippen LogP contribution is 2.20. The van der Waals surface area contributed by atoms with Gasteiger partial charge in [0.15, 0.2) is 0 Å². The number of nitrogens with zero attached hydrogens (tertiary/aromatic N) is 1. The number of hydrogen-bond donors (Lipinski definition) is 2. The summed E-state index contributed by atoms with van der Waals surface area (Å²) < 4.78 is 5.28. The van der Waals surface area contributed by atoms with Gasteiger partial charge >= 0.3 is 5.97 Å². The minimum atomic E-state index is -1.08. The zero-order chi connectivity index (χ0) is 11.5. The van der Waals surface area contributed by atoms with Crippen molar-refractivity contribution >= 4 is 17.6 Å². The lowest BCUT2D eigenvalue weighted by Crippen LogP contribution is -1.95. The quantitative estimate of drug-likeness (QED) is 0.862. The summed E-state index contributed by atoms with van der Waals surface area (Å²) in [5.41, 5.74) is -0.0241. The Bertz CT molecular complexity index is 507. The van der Waals surface area contributed by atoms with Crippen molar-refractivity contribution in [2.24, 2.45) is 0 Å². The van der Waals surface area contributed by atoms with Crippen LogP contribution in [0, 0.1) is 0 Å². The first-order chi connectivity index (χ1) is 7.65. The Balaban J connectivity index is 2.14. The second-order valence-electron chi connectivity index (χ2n) is 2.96. The van der Waals surface area contributed by atoms with Crippen LogP contribution in [0.15, 0.2) is 30.5 Å². The normalized spacial score (nSPS) is 10.1. The second-order valence-corrected chi connectivity index (χ2v) is 3.40. The first kappa shape index (κ1) is 10.5. The minimum Gasteiger partial charge on any atom is -0.477 e. The first-order valence-corrected chi connectivity index (χ1v) is 4.74. The van der Waals surface area contributed by atoms with Gasteiger partial charge in [0.2, 0.25) is 0 Å². The van der Waals surface area contributed by atoms with Crippen LogP contribution in [0.5, 0.6) is 11.8 Å². The Morgan fingerprint density at radius 2 is 2.06 bits per heavy atom. The van der Waals surface area contributed by atoms with Gasteiger partial charge in [0, 0.05) is 5.02 Å². The van der Waals surface area contributed by atoms with Crippen LogP contribution in [0.3, 0.4) is 0 Å². The molecule has 6 heteroatoms. The number of aromatic carboxylic acids is 1. The fourth-order valence-corrected chi connectivity index (χ4v) is 1.20. The summed E-state index contributed by atoms with van der Waals surface area (Å²) in [4.78, 5) is 16.8. The lowest BCUT2D eigenvalue weighted by Gasteiger charge is -2.00. The van der Waals surface area contributed by atoms with Gasteiger partial charge in [-0.05, 0) is 24.3 Å². The molecule has 0 radical (unpaired) electrons. The van der Waals surface area contributed by atoms with Crippen molar-refractivity contribution in [1.29, 1.82) is 0 Å². The third-order valence-corrected chi connectivity index (χ3v) is 2.06. The third-order valence-electron chi connectivity index (χ3n) is 1.81. The number of nitrogens with one attached hydrogen (secondary N) is 1. The maximum absolute atomic E-state index is 10.6. The standard InChI is InChI=1S/C10H7ClN2O3/c11-6-1-3-7(4-2-6)16-10-12-5-8(13-10)9(14)15/h1-5H,(H,12,13)(H,14,15). The molecule has 0 saturated carbocycles. The van der Waals surface area contributed by atoms with Crippen LogP contribution in [0.4, 0.5) is 0 Å². The van der Waals surface area contributed by atoms with Gasteiger partial charge in [-0.2, -0.15) is 0 Å². The number of aromatic nitrogens is 2. The monoisotopic (exact) mass is 238 g/mol. The van der Waals surface area contributed by atoms with Crippen LogP contribution in [-0.4, -0.2) is 21.0 Å². The zero-order valence-electron chi connectivity index (χ0n) is 7.98. The molecular weight excluding hydrogens is 232 g/mol. The Labute approximate surface area is 95.7 Å². The molecule has 16 heavy (non-hydrogen) atoms. The van der Waals surface area contributed by atoms with E-state index in [0.29, 0.717) is 10.8 Å². The molecular formula is C10H7ClN2O3. The second kappa shape index (κ2) is 4.24. The van der Waals surface area contributed by atoms with E-state index >= 15 is 0 Å². The lowest BCUT2D eigenvalue weighted by molar-refractivity contribution is 0.0690. The van der Waals surface area contributed by atoms with E-state index < -0.39 is 5.97 Å². The number of imidazole rings is 1. The van der Waals surface area contributed by atoms with E-state index in [4.69, 9.17) is 21.4 Å². The summed E-state index contributed by atoms with van der Waals surface area (Å²) in [7, 11) is 0. The summed E-state index contributed by atoms with van der Waals surface area (Å²) in [6, 6.07) is 6.77. The molecule has 82 valence electrons. The summed E-state index contributed by atoms with van der Waals surface area (Å²) in [5.74, 6) is -0.561. The van der Waals surface area contributed by atoms with Gasteiger partial charge in [0.1, 0.15) is 11.4 Å². The Morgan fingerprint density at radius 1 is 1.38 bits per heavy atom. The Morgan fingerprint density at radius 3 is 2.62 bits per heavy atom. The molecule has 1 heterocycles. The Kier molecular flexibility index (Phi) is 2.78. The van der Waals surface area contributed by atoms with Crippen LogP contribution < -0.4 is 4.74 Å². The van der Waals surface area contributed by atoms with Gasteiger partial charge in [-0.15, -0.1) is 0 Å². The smallest absolute Gasteiger partial charge is 0.354 e. The van der Waals surface area contributed by atoms with E-state index in [2.05, 4.69) is 9.97 Å². The summed E-state index contributed by atoms with van der Waals surface area (Å²) >= 11 is 5.70. The van der Waals surface area contributed by atoms with Crippen LogP contribution in [0.1, 0.15) is 10.5 Å². The van der Waals surface area contributed by atoms with E-state index in [1.807, 2.05) is 0 Å². The zero-order valence-corrected chi connectivity index (χ0v) is 8.73. The van der Waals surface area contributed by atoms with Crippen molar-refractivity contribution in [2.75, 3.05) is 0 Å². The molecule has 2 rings (SSSR count).